The highest BCUT2D eigenvalue weighted by molar-refractivity contribution is 7.89. The molecule has 2 aromatic rings. The number of pyridine rings is 2. The van der Waals surface area contributed by atoms with E-state index in [1.807, 2.05) is 18.2 Å². The van der Waals surface area contributed by atoms with Crippen LogP contribution in [-0.2, 0) is 16.6 Å². The highest BCUT2D eigenvalue weighted by Crippen LogP contribution is 2.37. The van der Waals surface area contributed by atoms with Crippen molar-refractivity contribution in [1.29, 1.82) is 0 Å². The number of nitrogens with zero attached hydrogens (tertiary/aromatic N) is 4. The Morgan fingerprint density at radius 2 is 1.93 bits per heavy atom. The summed E-state index contributed by atoms with van der Waals surface area (Å²) in [4.78, 5) is 11.0. The van der Waals surface area contributed by atoms with Crippen molar-refractivity contribution in [3.8, 4) is 5.88 Å². The largest absolute Gasteiger partial charge is 0.470 e. The molecule has 8 heteroatoms. The monoisotopic (exact) mass is 386 g/mol. The van der Waals surface area contributed by atoms with E-state index in [9.17, 15) is 8.42 Å². The summed E-state index contributed by atoms with van der Waals surface area (Å²) in [6.07, 6.45) is 5.59. The molecule has 4 heterocycles. The summed E-state index contributed by atoms with van der Waals surface area (Å²) in [5.74, 6) is 0.961. The summed E-state index contributed by atoms with van der Waals surface area (Å²) < 4.78 is 34.6. The summed E-state index contributed by atoms with van der Waals surface area (Å²) in [5, 5.41) is 0. The van der Waals surface area contributed by atoms with Gasteiger partial charge in [0.05, 0.1) is 18.3 Å². The van der Waals surface area contributed by atoms with Gasteiger partial charge in [0, 0.05) is 32.0 Å². The van der Waals surface area contributed by atoms with Crippen LogP contribution in [0.1, 0.15) is 18.5 Å². The minimum Gasteiger partial charge on any atom is -0.470 e. The number of fused-ring (bicyclic) bond motifs is 2. The van der Waals surface area contributed by atoms with Gasteiger partial charge in [-0.2, -0.15) is 4.31 Å². The maximum Gasteiger partial charge on any atom is 0.249 e. The zero-order chi connectivity index (χ0) is 18.4. The second-order valence-corrected chi connectivity index (χ2v) is 9.42. The lowest BCUT2D eigenvalue weighted by molar-refractivity contribution is 0.143. The number of rotatable bonds is 4. The van der Waals surface area contributed by atoms with Crippen LogP contribution in [0.3, 0.4) is 0 Å². The summed E-state index contributed by atoms with van der Waals surface area (Å²) in [6.45, 7) is 2.66. The maximum atomic E-state index is 13.5. The molecule has 0 amide bonds. The average molecular weight is 386 g/mol. The third kappa shape index (κ3) is 3.22. The fourth-order valence-corrected chi connectivity index (χ4v) is 5.69. The molecule has 0 bridgehead atoms. The Morgan fingerprint density at radius 3 is 2.70 bits per heavy atom. The number of aromatic nitrogens is 2. The molecule has 0 unspecified atom stereocenters. The van der Waals surface area contributed by atoms with Crippen LogP contribution in [0, 0.1) is 5.92 Å². The lowest BCUT2D eigenvalue weighted by Crippen LogP contribution is -2.46. The smallest absolute Gasteiger partial charge is 0.249 e. The van der Waals surface area contributed by atoms with Crippen LogP contribution in [0.2, 0.25) is 0 Å². The molecule has 1 aliphatic carbocycles. The second kappa shape index (κ2) is 6.54. The van der Waals surface area contributed by atoms with E-state index in [0.717, 1.165) is 24.7 Å². The first kappa shape index (κ1) is 17.1. The quantitative estimate of drug-likeness (QED) is 0.793. The highest BCUT2D eigenvalue weighted by Gasteiger charge is 2.48. The van der Waals surface area contributed by atoms with Gasteiger partial charge in [-0.05, 0) is 43.0 Å². The van der Waals surface area contributed by atoms with E-state index < -0.39 is 10.0 Å². The topological polar surface area (TPSA) is 75.6 Å². The molecule has 0 spiro atoms. The Labute approximate surface area is 159 Å². The average Bonchev–Trinajstić information content (AvgIpc) is 3.41. The molecule has 0 radical (unpaired) electrons. The summed E-state index contributed by atoms with van der Waals surface area (Å²) >= 11 is 0. The van der Waals surface area contributed by atoms with E-state index in [0.29, 0.717) is 6.54 Å². The number of likely N-dealkylation sites (tertiary alicyclic amines) is 1. The van der Waals surface area contributed by atoms with Gasteiger partial charge in [0.15, 0.2) is 0 Å². The van der Waals surface area contributed by atoms with Gasteiger partial charge in [-0.3, -0.25) is 9.88 Å². The molecule has 0 N–H and O–H groups in total. The molecule has 3 aliphatic rings. The third-order valence-electron chi connectivity index (χ3n) is 5.53. The van der Waals surface area contributed by atoms with Crippen molar-refractivity contribution in [1.82, 2.24) is 19.2 Å². The molecule has 2 atom stereocenters. The molecular formula is C19H22N4O3S. The van der Waals surface area contributed by atoms with Crippen molar-refractivity contribution in [2.24, 2.45) is 5.92 Å². The van der Waals surface area contributed by atoms with Gasteiger partial charge in [0.1, 0.15) is 11.0 Å². The van der Waals surface area contributed by atoms with Gasteiger partial charge >= 0.3 is 0 Å². The summed E-state index contributed by atoms with van der Waals surface area (Å²) in [7, 11) is -3.73. The molecule has 1 saturated carbocycles. The van der Waals surface area contributed by atoms with Crippen LogP contribution >= 0.6 is 0 Å². The van der Waals surface area contributed by atoms with Crippen LogP contribution in [0.5, 0.6) is 5.88 Å². The highest BCUT2D eigenvalue weighted by atomic mass is 32.2. The molecule has 2 aromatic heterocycles. The Kier molecular flexibility index (Phi) is 4.14. The lowest BCUT2D eigenvalue weighted by atomic mass is 10.2. The number of hydrogen-bond acceptors (Lipinski definition) is 6. The zero-order valence-electron chi connectivity index (χ0n) is 14.9. The SMILES string of the molecule is O=S1(=O)c2cccnc2O[C@H]2CN(CC3CC3)C[C@@H]2N1Cc1ccccn1. The minimum absolute atomic E-state index is 0.143. The fraction of sp³-hybridized carbons (Fsp3) is 0.474. The first-order valence-corrected chi connectivity index (χ1v) is 10.8. The maximum absolute atomic E-state index is 13.5. The van der Waals surface area contributed by atoms with Gasteiger partial charge in [0.25, 0.3) is 0 Å². The van der Waals surface area contributed by atoms with Crippen molar-refractivity contribution in [3.05, 3.63) is 48.4 Å². The van der Waals surface area contributed by atoms with Crippen LogP contribution in [0.4, 0.5) is 0 Å². The Morgan fingerprint density at radius 1 is 1.07 bits per heavy atom. The molecule has 7 nitrogen and oxygen atoms in total. The molecule has 0 aromatic carbocycles. The Bertz CT molecular complexity index is 933. The summed E-state index contributed by atoms with van der Waals surface area (Å²) in [5.41, 5.74) is 0.729. The van der Waals surface area contributed by atoms with E-state index in [4.69, 9.17) is 4.74 Å². The van der Waals surface area contributed by atoms with E-state index in [1.54, 1.807) is 28.8 Å². The molecule has 2 aliphatic heterocycles. The standard InChI is InChI=1S/C19H22N4O3S/c24-27(25)18-5-3-9-21-19(18)26-17-13-22(10-14-6-7-14)12-16(17)23(27)11-15-4-1-2-8-20-15/h1-5,8-9,14,16-17H,6-7,10-13H2/t16-,17-/m0/s1. The first-order chi connectivity index (χ1) is 13.1. The molecule has 27 heavy (non-hydrogen) atoms. The zero-order valence-corrected chi connectivity index (χ0v) is 15.8. The van der Waals surface area contributed by atoms with Gasteiger partial charge in [-0.15, -0.1) is 0 Å². The Hall–Kier alpha value is -2.03. The van der Waals surface area contributed by atoms with Crippen molar-refractivity contribution in [2.75, 3.05) is 19.6 Å². The fourth-order valence-electron chi connectivity index (χ4n) is 4.00. The molecule has 142 valence electrons. The normalized spacial score (nSPS) is 27.4. The molecule has 2 fully saturated rings. The Balaban J connectivity index is 1.53. The van der Waals surface area contributed by atoms with Crippen LogP contribution < -0.4 is 4.74 Å². The van der Waals surface area contributed by atoms with Crippen molar-refractivity contribution in [2.45, 2.75) is 36.4 Å². The molecule has 1 saturated heterocycles. The van der Waals surface area contributed by atoms with Crippen molar-refractivity contribution < 1.29 is 13.2 Å². The summed E-state index contributed by atoms with van der Waals surface area (Å²) in [6, 6.07) is 8.54. The molecular weight excluding hydrogens is 364 g/mol. The van der Waals surface area contributed by atoms with E-state index in [-0.39, 0.29) is 29.5 Å². The first-order valence-electron chi connectivity index (χ1n) is 9.37. The van der Waals surface area contributed by atoms with Gasteiger partial charge in [-0.1, -0.05) is 6.07 Å². The van der Waals surface area contributed by atoms with E-state index in [1.165, 1.54) is 12.8 Å². The van der Waals surface area contributed by atoms with E-state index >= 15 is 0 Å². The van der Waals surface area contributed by atoms with Gasteiger partial charge in [0.2, 0.25) is 15.9 Å². The predicted molar refractivity (Wildman–Crippen MR) is 98.6 cm³/mol. The van der Waals surface area contributed by atoms with Crippen LogP contribution in [0.25, 0.3) is 0 Å². The number of sulfonamides is 1. The third-order valence-corrected chi connectivity index (χ3v) is 7.41. The van der Waals surface area contributed by atoms with E-state index in [2.05, 4.69) is 14.9 Å². The molecule has 5 rings (SSSR count). The van der Waals surface area contributed by atoms with Crippen molar-refractivity contribution in [3.63, 3.8) is 0 Å². The number of hydrogen-bond donors (Lipinski definition) is 0. The minimum atomic E-state index is -3.73. The second-order valence-electron chi connectivity index (χ2n) is 7.56. The van der Waals surface area contributed by atoms with Gasteiger partial charge < -0.3 is 4.74 Å². The van der Waals surface area contributed by atoms with Gasteiger partial charge in [-0.25, -0.2) is 13.4 Å². The van der Waals surface area contributed by atoms with Crippen LogP contribution in [-0.4, -0.2) is 59.4 Å². The predicted octanol–water partition coefficient (Wildman–Crippen LogP) is 1.52. The van der Waals surface area contributed by atoms with Crippen LogP contribution in [0.15, 0.2) is 47.6 Å². The number of ether oxygens (including phenoxy) is 1. The lowest BCUT2D eigenvalue weighted by Gasteiger charge is -2.27. The van der Waals surface area contributed by atoms with Crippen molar-refractivity contribution >= 4 is 10.0 Å².